The quantitative estimate of drug-likeness (QED) is 0.870. The first kappa shape index (κ1) is 13.4. The van der Waals surface area contributed by atoms with Crippen LogP contribution in [0.25, 0.3) is 0 Å². The molecule has 0 radical (unpaired) electrons. The highest BCUT2D eigenvalue weighted by atomic mass is 16.5. The number of nitrogens with one attached hydrogen (secondary N) is 1. The number of carbonyl (C=O) groups is 1. The molecule has 1 heterocycles. The summed E-state index contributed by atoms with van der Waals surface area (Å²) in [7, 11) is 0. The fourth-order valence-electron chi connectivity index (χ4n) is 3.36. The minimum atomic E-state index is -0.0666. The molecule has 108 valence electrons. The van der Waals surface area contributed by atoms with Gasteiger partial charge in [0.2, 0.25) is 0 Å². The third-order valence-corrected chi connectivity index (χ3v) is 4.75. The second-order valence-corrected chi connectivity index (χ2v) is 6.20. The van der Waals surface area contributed by atoms with Gasteiger partial charge in [0, 0.05) is 6.04 Å². The van der Waals surface area contributed by atoms with E-state index in [1.54, 1.807) is 0 Å². The number of fused-ring (bicyclic) bond motifs is 1. The van der Waals surface area contributed by atoms with Crippen molar-refractivity contribution in [2.75, 3.05) is 13.2 Å². The maximum atomic E-state index is 12.0. The van der Waals surface area contributed by atoms with E-state index in [2.05, 4.69) is 12.2 Å². The molecule has 3 N–H and O–H groups in total. The molecule has 3 rings (SSSR count). The van der Waals surface area contributed by atoms with Crippen LogP contribution in [-0.4, -0.2) is 19.1 Å². The third-order valence-electron chi connectivity index (χ3n) is 4.75. The highest BCUT2D eigenvalue weighted by molar-refractivity contribution is 5.97. The molecule has 2 aliphatic rings. The van der Waals surface area contributed by atoms with Crippen LogP contribution in [0, 0.1) is 5.41 Å². The maximum Gasteiger partial charge on any atom is 0.255 e. The van der Waals surface area contributed by atoms with Crippen molar-refractivity contribution in [3.05, 3.63) is 29.3 Å². The molecule has 1 amide bonds. The standard InChI is InChI=1S/C16H22N2O2/c1-16(6-2-3-7-16)14(17)11-4-5-13-12(10-11)15(19)18-8-9-20-13/h4-5,10,14H,2-3,6-9,17H2,1H3,(H,18,19). The molecule has 0 saturated heterocycles. The minimum Gasteiger partial charge on any atom is -0.491 e. The van der Waals surface area contributed by atoms with E-state index in [1.807, 2.05) is 18.2 Å². The van der Waals surface area contributed by atoms with E-state index in [1.165, 1.54) is 12.8 Å². The van der Waals surface area contributed by atoms with Crippen LogP contribution >= 0.6 is 0 Å². The molecule has 1 fully saturated rings. The Balaban J connectivity index is 1.93. The molecular weight excluding hydrogens is 252 g/mol. The van der Waals surface area contributed by atoms with Crippen LogP contribution in [0.4, 0.5) is 0 Å². The smallest absolute Gasteiger partial charge is 0.255 e. The summed E-state index contributed by atoms with van der Waals surface area (Å²) in [5.41, 5.74) is 8.27. The first-order chi connectivity index (χ1) is 9.60. The van der Waals surface area contributed by atoms with Gasteiger partial charge >= 0.3 is 0 Å². The average Bonchev–Trinajstić information content (AvgIpc) is 2.82. The fraction of sp³-hybridized carbons (Fsp3) is 0.562. The Kier molecular flexibility index (Phi) is 3.42. The van der Waals surface area contributed by atoms with Crippen LogP contribution in [0.2, 0.25) is 0 Å². The van der Waals surface area contributed by atoms with Crippen molar-refractivity contribution in [1.29, 1.82) is 0 Å². The Morgan fingerprint density at radius 1 is 1.35 bits per heavy atom. The van der Waals surface area contributed by atoms with Gasteiger partial charge in [-0.15, -0.1) is 0 Å². The monoisotopic (exact) mass is 274 g/mol. The van der Waals surface area contributed by atoms with Gasteiger partial charge in [-0.2, -0.15) is 0 Å². The van der Waals surface area contributed by atoms with Crippen molar-refractivity contribution in [1.82, 2.24) is 5.32 Å². The predicted octanol–water partition coefficient (Wildman–Crippen LogP) is 2.39. The molecule has 1 aliphatic carbocycles. The number of rotatable bonds is 2. The van der Waals surface area contributed by atoms with Gasteiger partial charge in [0.15, 0.2) is 0 Å². The number of ether oxygens (including phenoxy) is 1. The van der Waals surface area contributed by atoms with Crippen molar-refractivity contribution >= 4 is 5.91 Å². The predicted molar refractivity (Wildman–Crippen MR) is 77.8 cm³/mol. The van der Waals surface area contributed by atoms with Crippen LogP contribution in [0.1, 0.15) is 54.6 Å². The maximum absolute atomic E-state index is 12.0. The molecular formula is C16H22N2O2. The largest absolute Gasteiger partial charge is 0.491 e. The van der Waals surface area contributed by atoms with Gasteiger partial charge < -0.3 is 15.8 Å². The normalized spacial score (nSPS) is 22.4. The van der Waals surface area contributed by atoms with Gasteiger partial charge in [-0.1, -0.05) is 25.8 Å². The van der Waals surface area contributed by atoms with E-state index in [0.29, 0.717) is 24.5 Å². The zero-order valence-electron chi connectivity index (χ0n) is 11.9. The molecule has 20 heavy (non-hydrogen) atoms. The van der Waals surface area contributed by atoms with E-state index in [9.17, 15) is 4.79 Å². The summed E-state index contributed by atoms with van der Waals surface area (Å²) in [6.45, 7) is 3.32. The van der Waals surface area contributed by atoms with Crippen molar-refractivity contribution in [2.24, 2.45) is 11.1 Å². The zero-order valence-corrected chi connectivity index (χ0v) is 11.9. The van der Waals surface area contributed by atoms with Crippen molar-refractivity contribution in [2.45, 2.75) is 38.6 Å². The van der Waals surface area contributed by atoms with E-state index in [0.717, 1.165) is 18.4 Å². The Morgan fingerprint density at radius 3 is 2.85 bits per heavy atom. The summed E-state index contributed by atoms with van der Waals surface area (Å²) in [4.78, 5) is 12.0. The van der Waals surface area contributed by atoms with Gasteiger partial charge in [0.05, 0.1) is 12.1 Å². The van der Waals surface area contributed by atoms with Gasteiger partial charge in [-0.05, 0) is 36.0 Å². The summed E-state index contributed by atoms with van der Waals surface area (Å²) < 4.78 is 5.58. The zero-order chi connectivity index (χ0) is 14.2. The van der Waals surface area contributed by atoms with Crippen molar-refractivity contribution in [3.8, 4) is 5.75 Å². The van der Waals surface area contributed by atoms with E-state index >= 15 is 0 Å². The molecule has 1 atom stereocenters. The lowest BCUT2D eigenvalue weighted by Crippen LogP contribution is -2.30. The molecule has 0 bridgehead atoms. The van der Waals surface area contributed by atoms with Crippen molar-refractivity contribution < 1.29 is 9.53 Å². The highest BCUT2D eigenvalue weighted by Crippen LogP contribution is 2.46. The summed E-state index contributed by atoms with van der Waals surface area (Å²) >= 11 is 0. The Hall–Kier alpha value is -1.55. The molecule has 1 unspecified atom stereocenters. The molecule has 4 nitrogen and oxygen atoms in total. The van der Waals surface area contributed by atoms with Crippen LogP contribution in [-0.2, 0) is 0 Å². The Labute approximate surface area is 119 Å². The minimum absolute atomic E-state index is 0.0219. The number of hydrogen-bond donors (Lipinski definition) is 2. The van der Waals surface area contributed by atoms with Crippen LogP contribution in [0.5, 0.6) is 5.75 Å². The van der Waals surface area contributed by atoms with E-state index in [-0.39, 0.29) is 17.4 Å². The lowest BCUT2D eigenvalue weighted by atomic mass is 9.77. The second-order valence-electron chi connectivity index (χ2n) is 6.20. The molecule has 0 spiro atoms. The molecule has 1 aliphatic heterocycles. The average molecular weight is 274 g/mol. The van der Waals surface area contributed by atoms with Crippen molar-refractivity contribution in [3.63, 3.8) is 0 Å². The van der Waals surface area contributed by atoms with Gasteiger partial charge in [-0.25, -0.2) is 0 Å². The molecule has 0 aromatic heterocycles. The SMILES string of the molecule is CC1(C(N)c2ccc3c(c2)C(=O)NCCO3)CCCC1. The third kappa shape index (κ3) is 2.29. The molecule has 4 heteroatoms. The van der Waals surface area contributed by atoms with Gasteiger partial charge in [0.1, 0.15) is 12.4 Å². The van der Waals surface area contributed by atoms with Crippen LogP contribution in [0.3, 0.4) is 0 Å². The lowest BCUT2D eigenvalue weighted by molar-refractivity contribution is 0.0957. The topological polar surface area (TPSA) is 64.4 Å². The lowest BCUT2D eigenvalue weighted by Gasteiger charge is -2.31. The summed E-state index contributed by atoms with van der Waals surface area (Å²) in [5.74, 6) is 0.593. The summed E-state index contributed by atoms with van der Waals surface area (Å²) in [5, 5.41) is 2.84. The Morgan fingerprint density at radius 2 is 2.10 bits per heavy atom. The van der Waals surface area contributed by atoms with Gasteiger partial charge in [-0.3, -0.25) is 4.79 Å². The summed E-state index contributed by atoms with van der Waals surface area (Å²) in [6.07, 6.45) is 4.82. The first-order valence-corrected chi connectivity index (χ1v) is 7.41. The molecule has 1 aromatic carbocycles. The van der Waals surface area contributed by atoms with Crippen LogP contribution < -0.4 is 15.8 Å². The number of hydrogen-bond acceptors (Lipinski definition) is 3. The van der Waals surface area contributed by atoms with E-state index < -0.39 is 0 Å². The molecule has 1 aromatic rings. The summed E-state index contributed by atoms with van der Waals surface area (Å²) in [6, 6.07) is 5.77. The molecule has 1 saturated carbocycles. The Bertz CT molecular complexity index is 521. The number of carbonyl (C=O) groups excluding carboxylic acids is 1. The first-order valence-electron chi connectivity index (χ1n) is 7.41. The fourth-order valence-corrected chi connectivity index (χ4v) is 3.36. The van der Waals surface area contributed by atoms with Crippen LogP contribution in [0.15, 0.2) is 18.2 Å². The number of benzene rings is 1. The number of nitrogens with two attached hydrogens (primary N) is 1. The highest BCUT2D eigenvalue weighted by Gasteiger charge is 2.36. The van der Waals surface area contributed by atoms with E-state index in [4.69, 9.17) is 10.5 Å². The second kappa shape index (κ2) is 5.09. The van der Waals surface area contributed by atoms with Gasteiger partial charge in [0.25, 0.3) is 5.91 Å². The number of amides is 1.